The number of anilines is 1. The highest BCUT2D eigenvalue weighted by molar-refractivity contribution is 5.94. The van der Waals surface area contributed by atoms with E-state index in [-0.39, 0.29) is 11.7 Å². The third kappa shape index (κ3) is 4.48. The molecule has 0 heterocycles. The zero-order valence-electron chi connectivity index (χ0n) is 12.5. The molecule has 0 saturated heterocycles. The van der Waals surface area contributed by atoms with Gasteiger partial charge in [-0.15, -0.1) is 0 Å². The van der Waals surface area contributed by atoms with Crippen LogP contribution in [0, 0.1) is 5.82 Å². The summed E-state index contributed by atoms with van der Waals surface area (Å²) in [6, 6.07) is 12.7. The van der Waals surface area contributed by atoms with Gasteiger partial charge < -0.3 is 14.8 Å². The second kappa shape index (κ2) is 7.45. The molecule has 0 aromatic heterocycles. The molecule has 1 amide bonds. The summed E-state index contributed by atoms with van der Waals surface area (Å²) >= 11 is 0. The van der Waals surface area contributed by atoms with Gasteiger partial charge in [-0.2, -0.15) is 0 Å². The third-order valence-electron chi connectivity index (χ3n) is 2.91. The Morgan fingerprint density at radius 1 is 1.18 bits per heavy atom. The maximum Gasteiger partial charge on any atom is 0.265 e. The SMILES string of the molecule is CCOc1cccc(NC(=O)C(C)Oc2ccc(F)cc2)c1. The van der Waals surface area contributed by atoms with Gasteiger partial charge in [-0.25, -0.2) is 4.39 Å². The summed E-state index contributed by atoms with van der Waals surface area (Å²) in [6.45, 7) is 4.08. The van der Waals surface area contributed by atoms with Gasteiger partial charge in [0.05, 0.1) is 6.61 Å². The highest BCUT2D eigenvalue weighted by Gasteiger charge is 2.15. The van der Waals surface area contributed by atoms with Gasteiger partial charge in [0.1, 0.15) is 17.3 Å². The van der Waals surface area contributed by atoms with Crippen molar-refractivity contribution in [2.24, 2.45) is 0 Å². The van der Waals surface area contributed by atoms with Crippen molar-refractivity contribution in [3.8, 4) is 11.5 Å². The molecule has 5 heteroatoms. The first-order valence-corrected chi connectivity index (χ1v) is 7.04. The number of hydrogen-bond acceptors (Lipinski definition) is 3. The quantitative estimate of drug-likeness (QED) is 0.886. The lowest BCUT2D eigenvalue weighted by molar-refractivity contribution is -0.122. The highest BCUT2D eigenvalue weighted by atomic mass is 19.1. The largest absolute Gasteiger partial charge is 0.494 e. The molecule has 0 spiro atoms. The van der Waals surface area contributed by atoms with E-state index >= 15 is 0 Å². The van der Waals surface area contributed by atoms with Crippen molar-refractivity contribution < 1.29 is 18.7 Å². The number of carbonyl (C=O) groups excluding carboxylic acids is 1. The predicted molar refractivity (Wildman–Crippen MR) is 82.7 cm³/mol. The van der Waals surface area contributed by atoms with Gasteiger partial charge in [0.2, 0.25) is 0 Å². The van der Waals surface area contributed by atoms with Crippen LogP contribution in [0.1, 0.15) is 13.8 Å². The third-order valence-corrected chi connectivity index (χ3v) is 2.91. The summed E-state index contributed by atoms with van der Waals surface area (Å²) in [7, 11) is 0. The Morgan fingerprint density at radius 3 is 2.59 bits per heavy atom. The van der Waals surface area contributed by atoms with E-state index in [1.165, 1.54) is 24.3 Å². The zero-order chi connectivity index (χ0) is 15.9. The van der Waals surface area contributed by atoms with E-state index in [0.29, 0.717) is 23.8 Å². The number of halogens is 1. The van der Waals surface area contributed by atoms with Crippen molar-refractivity contribution in [1.29, 1.82) is 0 Å². The summed E-state index contributed by atoms with van der Waals surface area (Å²) < 4.78 is 23.7. The predicted octanol–water partition coefficient (Wildman–Crippen LogP) is 3.63. The zero-order valence-corrected chi connectivity index (χ0v) is 12.5. The molecule has 1 atom stereocenters. The minimum atomic E-state index is -0.707. The molecule has 1 N–H and O–H groups in total. The van der Waals surface area contributed by atoms with Crippen LogP contribution in [0.4, 0.5) is 10.1 Å². The van der Waals surface area contributed by atoms with Crippen LogP contribution in [0.2, 0.25) is 0 Å². The normalized spacial score (nSPS) is 11.6. The van der Waals surface area contributed by atoms with Gasteiger partial charge >= 0.3 is 0 Å². The molecule has 116 valence electrons. The minimum absolute atomic E-state index is 0.294. The van der Waals surface area contributed by atoms with Crippen molar-refractivity contribution in [2.75, 3.05) is 11.9 Å². The Morgan fingerprint density at radius 2 is 1.91 bits per heavy atom. The molecule has 0 bridgehead atoms. The van der Waals surface area contributed by atoms with Crippen molar-refractivity contribution in [3.63, 3.8) is 0 Å². The Kier molecular flexibility index (Phi) is 5.36. The van der Waals surface area contributed by atoms with E-state index in [2.05, 4.69) is 5.32 Å². The van der Waals surface area contributed by atoms with Gasteiger partial charge in [-0.3, -0.25) is 4.79 Å². The molecule has 22 heavy (non-hydrogen) atoms. The van der Waals surface area contributed by atoms with Crippen LogP contribution in [0.3, 0.4) is 0 Å². The van der Waals surface area contributed by atoms with Gasteiger partial charge in [0, 0.05) is 11.8 Å². The van der Waals surface area contributed by atoms with Gasteiger partial charge in [-0.05, 0) is 50.2 Å². The lowest BCUT2D eigenvalue weighted by Crippen LogP contribution is -2.30. The molecule has 0 aliphatic heterocycles. The second-order valence-electron chi connectivity index (χ2n) is 4.66. The first-order valence-electron chi connectivity index (χ1n) is 7.04. The first-order chi connectivity index (χ1) is 10.6. The summed E-state index contributed by atoms with van der Waals surface area (Å²) in [6.07, 6.45) is -0.707. The van der Waals surface area contributed by atoms with E-state index in [9.17, 15) is 9.18 Å². The number of ether oxygens (including phenoxy) is 2. The summed E-state index contributed by atoms with van der Waals surface area (Å²) in [5.41, 5.74) is 0.630. The van der Waals surface area contributed by atoms with E-state index in [1.807, 2.05) is 13.0 Å². The van der Waals surface area contributed by atoms with Crippen LogP contribution in [0.25, 0.3) is 0 Å². The van der Waals surface area contributed by atoms with Crippen LogP contribution < -0.4 is 14.8 Å². The van der Waals surface area contributed by atoms with Gasteiger partial charge in [-0.1, -0.05) is 6.07 Å². The first kappa shape index (κ1) is 15.8. The van der Waals surface area contributed by atoms with Crippen molar-refractivity contribution >= 4 is 11.6 Å². The van der Waals surface area contributed by atoms with E-state index < -0.39 is 6.10 Å². The molecular formula is C17H18FNO3. The fourth-order valence-electron chi connectivity index (χ4n) is 1.85. The molecule has 1 unspecified atom stereocenters. The second-order valence-corrected chi connectivity index (χ2v) is 4.66. The maximum atomic E-state index is 12.8. The summed E-state index contributed by atoms with van der Waals surface area (Å²) in [5, 5.41) is 2.75. The van der Waals surface area contributed by atoms with Gasteiger partial charge in [0.15, 0.2) is 6.10 Å². The number of nitrogens with one attached hydrogen (secondary N) is 1. The van der Waals surface area contributed by atoms with Crippen molar-refractivity contribution in [2.45, 2.75) is 20.0 Å². The fourth-order valence-corrected chi connectivity index (χ4v) is 1.85. The highest BCUT2D eigenvalue weighted by Crippen LogP contribution is 2.18. The van der Waals surface area contributed by atoms with Crippen LogP contribution in [-0.4, -0.2) is 18.6 Å². The van der Waals surface area contributed by atoms with E-state index in [1.54, 1.807) is 25.1 Å². The molecule has 0 fully saturated rings. The van der Waals surface area contributed by atoms with E-state index in [4.69, 9.17) is 9.47 Å². The molecule has 2 aromatic rings. The standard InChI is InChI=1S/C17H18FNO3/c1-3-21-16-6-4-5-14(11-16)19-17(20)12(2)22-15-9-7-13(18)8-10-15/h4-12H,3H2,1-2H3,(H,19,20). The molecular weight excluding hydrogens is 285 g/mol. The maximum absolute atomic E-state index is 12.8. The smallest absolute Gasteiger partial charge is 0.265 e. The van der Waals surface area contributed by atoms with Crippen molar-refractivity contribution in [1.82, 2.24) is 0 Å². The molecule has 0 aliphatic rings. The Hall–Kier alpha value is -2.56. The number of hydrogen-bond donors (Lipinski definition) is 1. The van der Waals surface area contributed by atoms with Crippen LogP contribution in [0.15, 0.2) is 48.5 Å². The molecule has 4 nitrogen and oxygen atoms in total. The Bertz CT molecular complexity index is 628. The molecule has 2 rings (SSSR count). The lowest BCUT2D eigenvalue weighted by atomic mass is 10.2. The summed E-state index contributed by atoms with van der Waals surface area (Å²) in [4.78, 5) is 12.1. The number of carbonyl (C=O) groups is 1. The molecule has 0 saturated carbocycles. The van der Waals surface area contributed by atoms with E-state index in [0.717, 1.165) is 0 Å². The number of benzene rings is 2. The lowest BCUT2D eigenvalue weighted by Gasteiger charge is -2.15. The average molecular weight is 303 g/mol. The molecule has 0 aliphatic carbocycles. The number of amides is 1. The average Bonchev–Trinajstić information content (AvgIpc) is 2.50. The molecule has 2 aromatic carbocycles. The van der Waals surface area contributed by atoms with Crippen LogP contribution in [0.5, 0.6) is 11.5 Å². The summed E-state index contributed by atoms with van der Waals surface area (Å²) in [5.74, 6) is 0.481. The monoisotopic (exact) mass is 303 g/mol. The van der Waals surface area contributed by atoms with Crippen LogP contribution >= 0.6 is 0 Å². The number of rotatable bonds is 6. The van der Waals surface area contributed by atoms with Gasteiger partial charge in [0.25, 0.3) is 5.91 Å². The van der Waals surface area contributed by atoms with Crippen molar-refractivity contribution in [3.05, 3.63) is 54.3 Å². The molecule has 0 radical (unpaired) electrons. The van der Waals surface area contributed by atoms with Crippen LogP contribution in [-0.2, 0) is 4.79 Å². The topological polar surface area (TPSA) is 47.6 Å². The fraction of sp³-hybridized carbons (Fsp3) is 0.235. The Labute approximate surface area is 128 Å². The Balaban J connectivity index is 1.96. The minimum Gasteiger partial charge on any atom is -0.494 e.